The van der Waals surface area contributed by atoms with Crippen molar-refractivity contribution in [3.63, 3.8) is 0 Å². The summed E-state index contributed by atoms with van der Waals surface area (Å²) >= 11 is 0. The number of nitrogens with zero attached hydrogens (tertiary/aromatic N) is 2. The quantitative estimate of drug-likeness (QED) is 0.841. The molecule has 0 atom stereocenters. The van der Waals surface area contributed by atoms with Gasteiger partial charge in [-0.1, -0.05) is 0 Å². The number of carbonyl (C=O) groups is 1. The summed E-state index contributed by atoms with van der Waals surface area (Å²) in [7, 11) is 1.81. The number of aromatic nitrogens is 2. The van der Waals surface area contributed by atoms with Gasteiger partial charge in [-0.05, 0) is 26.2 Å². The van der Waals surface area contributed by atoms with Crippen molar-refractivity contribution in [1.82, 2.24) is 15.1 Å². The molecule has 1 aromatic heterocycles. The van der Waals surface area contributed by atoms with E-state index in [1.807, 2.05) is 6.92 Å². The molecule has 1 amide bonds. The van der Waals surface area contributed by atoms with Gasteiger partial charge in [-0.25, -0.2) is 0 Å². The predicted molar refractivity (Wildman–Crippen MR) is 68.3 cm³/mol. The van der Waals surface area contributed by atoms with E-state index in [9.17, 15) is 4.79 Å². The smallest absolute Gasteiger partial charge is 0.254 e. The minimum absolute atomic E-state index is 0. The van der Waals surface area contributed by atoms with E-state index in [0.717, 1.165) is 25.0 Å². The fourth-order valence-electron chi connectivity index (χ4n) is 1.98. The average molecular weight is 259 g/mol. The number of nitrogens with two attached hydrogens (primary N) is 1. The van der Waals surface area contributed by atoms with Crippen LogP contribution in [0.1, 0.15) is 35.3 Å². The minimum atomic E-state index is -0.175. The molecule has 3 N–H and O–H groups in total. The Bertz CT molecular complexity index is 412. The van der Waals surface area contributed by atoms with Crippen LogP contribution in [0.2, 0.25) is 0 Å². The Hall–Kier alpha value is -1.07. The van der Waals surface area contributed by atoms with Crippen LogP contribution in [-0.2, 0) is 7.05 Å². The van der Waals surface area contributed by atoms with Crippen LogP contribution < -0.4 is 11.1 Å². The normalized spacial score (nSPS) is 16.9. The Balaban J connectivity index is 0.00000144. The van der Waals surface area contributed by atoms with Crippen molar-refractivity contribution < 1.29 is 4.79 Å². The van der Waals surface area contributed by atoms with Crippen LogP contribution in [-0.4, -0.2) is 27.8 Å². The number of rotatable bonds is 3. The van der Waals surface area contributed by atoms with E-state index in [2.05, 4.69) is 10.4 Å². The summed E-state index contributed by atoms with van der Waals surface area (Å²) in [6, 6.07) is 0. The molecule has 1 fully saturated rings. The van der Waals surface area contributed by atoms with Crippen molar-refractivity contribution in [2.45, 2.75) is 31.7 Å². The first-order chi connectivity index (χ1) is 7.50. The highest BCUT2D eigenvalue weighted by molar-refractivity contribution is 5.95. The van der Waals surface area contributed by atoms with E-state index in [0.29, 0.717) is 12.1 Å². The molecule has 0 saturated heterocycles. The molecule has 1 aromatic rings. The molecule has 2 rings (SSSR count). The third-order valence-electron chi connectivity index (χ3n) is 3.21. The first-order valence-corrected chi connectivity index (χ1v) is 5.57. The highest BCUT2D eigenvalue weighted by atomic mass is 35.5. The van der Waals surface area contributed by atoms with Crippen molar-refractivity contribution in [3.05, 3.63) is 17.5 Å². The Kier molecular flexibility index (Phi) is 4.16. The van der Waals surface area contributed by atoms with Gasteiger partial charge in [-0.15, -0.1) is 12.4 Å². The molecule has 0 unspecified atom stereocenters. The second kappa shape index (κ2) is 5.06. The number of nitrogens with one attached hydrogen (secondary N) is 1. The second-order valence-corrected chi connectivity index (χ2v) is 4.70. The zero-order chi connectivity index (χ0) is 11.8. The van der Waals surface area contributed by atoms with Crippen LogP contribution >= 0.6 is 12.4 Å². The van der Waals surface area contributed by atoms with E-state index in [4.69, 9.17) is 5.73 Å². The van der Waals surface area contributed by atoms with Crippen molar-refractivity contribution in [2.75, 3.05) is 6.54 Å². The van der Waals surface area contributed by atoms with Gasteiger partial charge in [0.25, 0.3) is 5.91 Å². The Labute approximate surface area is 107 Å². The highest BCUT2D eigenvalue weighted by Crippen LogP contribution is 2.28. The third kappa shape index (κ3) is 2.98. The van der Waals surface area contributed by atoms with Crippen LogP contribution in [0.15, 0.2) is 6.20 Å². The largest absolute Gasteiger partial charge is 0.350 e. The van der Waals surface area contributed by atoms with Crippen molar-refractivity contribution in [2.24, 2.45) is 12.8 Å². The molecular formula is C11H19ClN4O. The topological polar surface area (TPSA) is 72.9 Å². The number of carbonyl (C=O) groups excluding carboxylic acids is 1. The van der Waals surface area contributed by atoms with E-state index >= 15 is 0 Å². The highest BCUT2D eigenvalue weighted by Gasteiger charge is 2.32. The Morgan fingerprint density at radius 1 is 1.65 bits per heavy atom. The lowest BCUT2D eigenvalue weighted by Gasteiger charge is -2.38. The monoisotopic (exact) mass is 258 g/mol. The van der Waals surface area contributed by atoms with Gasteiger partial charge in [0.2, 0.25) is 0 Å². The lowest BCUT2D eigenvalue weighted by Crippen LogP contribution is -2.54. The molecule has 0 aromatic carbocycles. The van der Waals surface area contributed by atoms with Gasteiger partial charge in [0.1, 0.15) is 0 Å². The molecule has 0 aliphatic heterocycles. The zero-order valence-electron chi connectivity index (χ0n) is 10.2. The van der Waals surface area contributed by atoms with Crippen LogP contribution in [0.4, 0.5) is 0 Å². The van der Waals surface area contributed by atoms with Gasteiger partial charge in [0.15, 0.2) is 0 Å². The molecule has 1 aliphatic carbocycles. The number of hydrogen-bond donors (Lipinski definition) is 2. The maximum absolute atomic E-state index is 11.8. The maximum Gasteiger partial charge on any atom is 0.254 e. The van der Waals surface area contributed by atoms with Gasteiger partial charge < -0.3 is 11.1 Å². The minimum Gasteiger partial charge on any atom is -0.350 e. The number of aryl methyl sites for hydroxylation is 2. The average Bonchev–Trinajstić information content (AvgIpc) is 2.51. The SMILES string of the molecule is Cc1nn(C)cc1C(=O)NCC1(N)CCC1.Cl. The summed E-state index contributed by atoms with van der Waals surface area (Å²) in [5.74, 6) is -0.0812. The molecule has 1 saturated carbocycles. The summed E-state index contributed by atoms with van der Waals surface area (Å²) in [6.07, 6.45) is 4.89. The first-order valence-electron chi connectivity index (χ1n) is 5.57. The van der Waals surface area contributed by atoms with Crippen molar-refractivity contribution in [1.29, 1.82) is 0 Å². The van der Waals surface area contributed by atoms with Gasteiger partial charge in [-0.3, -0.25) is 9.48 Å². The fraction of sp³-hybridized carbons (Fsp3) is 0.636. The number of amides is 1. The molecule has 5 nitrogen and oxygen atoms in total. The standard InChI is InChI=1S/C11H18N4O.ClH/c1-8-9(6-15(2)14-8)10(16)13-7-11(12)4-3-5-11;/h6H,3-5,7,12H2,1-2H3,(H,13,16);1H. The molecule has 0 spiro atoms. The van der Waals surface area contributed by atoms with Gasteiger partial charge in [0.05, 0.1) is 11.3 Å². The van der Waals surface area contributed by atoms with Gasteiger partial charge in [0, 0.05) is 25.3 Å². The summed E-state index contributed by atoms with van der Waals surface area (Å²) < 4.78 is 1.64. The summed E-state index contributed by atoms with van der Waals surface area (Å²) in [4.78, 5) is 11.8. The van der Waals surface area contributed by atoms with E-state index in [1.165, 1.54) is 0 Å². The lowest BCUT2D eigenvalue weighted by atomic mass is 9.78. The van der Waals surface area contributed by atoms with E-state index < -0.39 is 0 Å². The molecule has 1 heterocycles. The second-order valence-electron chi connectivity index (χ2n) is 4.70. The molecular weight excluding hydrogens is 240 g/mol. The molecule has 1 aliphatic rings. The van der Waals surface area contributed by atoms with Gasteiger partial charge >= 0.3 is 0 Å². The summed E-state index contributed by atoms with van der Waals surface area (Å²) in [6.45, 7) is 2.39. The Morgan fingerprint density at radius 2 is 2.29 bits per heavy atom. The Morgan fingerprint density at radius 3 is 2.71 bits per heavy atom. The summed E-state index contributed by atoms with van der Waals surface area (Å²) in [5.41, 5.74) is 7.24. The van der Waals surface area contributed by atoms with Crippen molar-refractivity contribution in [3.8, 4) is 0 Å². The molecule has 96 valence electrons. The van der Waals surface area contributed by atoms with Crippen LogP contribution in [0.5, 0.6) is 0 Å². The molecule has 6 heteroatoms. The lowest BCUT2D eigenvalue weighted by molar-refractivity contribution is 0.0929. The number of halogens is 1. The van der Waals surface area contributed by atoms with E-state index in [1.54, 1.807) is 17.9 Å². The maximum atomic E-state index is 11.8. The summed E-state index contributed by atoms with van der Waals surface area (Å²) in [5, 5.41) is 7.01. The third-order valence-corrected chi connectivity index (χ3v) is 3.21. The van der Waals surface area contributed by atoms with Gasteiger partial charge in [-0.2, -0.15) is 5.10 Å². The van der Waals surface area contributed by atoms with Crippen LogP contribution in [0.3, 0.4) is 0 Å². The van der Waals surface area contributed by atoms with Crippen molar-refractivity contribution >= 4 is 18.3 Å². The van der Waals surface area contributed by atoms with Crippen LogP contribution in [0.25, 0.3) is 0 Å². The fourth-order valence-corrected chi connectivity index (χ4v) is 1.98. The molecule has 17 heavy (non-hydrogen) atoms. The molecule has 0 bridgehead atoms. The zero-order valence-corrected chi connectivity index (χ0v) is 11.0. The molecule has 0 radical (unpaired) electrons. The predicted octanol–water partition coefficient (Wildman–Crippen LogP) is 0.762. The first kappa shape index (κ1) is 14.0. The van der Waals surface area contributed by atoms with Crippen LogP contribution in [0, 0.1) is 6.92 Å². The number of hydrogen-bond acceptors (Lipinski definition) is 3. The van der Waals surface area contributed by atoms with E-state index in [-0.39, 0.29) is 23.9 Å².